The third-order valence-corrected chi connectivity index (χ3v) is 5.31. The number of pyridine rings is 1. The van der Waals surface area contributed by atoms with Gasteiger partial charge >= 0.3 is 6.18 Å². The number of nitrogens with one attached hydrogen (secondary N) is 1. The van der Waals surface area contributed by atoms with Crippen molar-refractivity contribution in [1.82, 2.24) is 9.88 Å². The number of ether oxygens (including phenoxy) is 2. The number of amides is 2. The number of aromatic nitrogens is 1. The van der Waals surface area contributed by atoms with Gasteiger partial charge in [-0.3, -0.25) is 19.5 Å². The van der Waals surface area contributed by atoms with Crippen LogP contribution in [0.1, 0.15) is 22.3 Å². The van der Waals surface area contributed by atoms with E-state index in [2.05, 4.69) is 15.4 Å². The van der Waals surface area contributed by atoms with E-state index in [4.69, 9.17) is 21.1 Å². The highest BCUT2D eigenvalue weighted by molar-refractivity contribution is 6.33. The van der Waals surface area contributed by atoms with Gasteiger partial charge in [0.15, 0.2) is 17.6 Å². The molecule has 1 aromatic heterocycles. The van der Waals surface area contributed by atoms with Crippen LogP contribution in [-0.4, -0.2) is 67.6 Å². The van der Waals surface area contributed by atoms with E-state index < -0.39 is 35.8 Å². The third-order valence-electron chi connectivity index (χ3n) is 5.03. The molecule has 3 rings (SSSR count). The molecular formula is C22H22ClF4N5O4. The Morgan fingerprint density at radius 1 is 1.42 bits per heavy atom. The molecule has 2 heterocycles. The number of carbonyl (C=O) groups is 2. The summed E-state index contributed by atoms with van der Waals surface area (Å²) >= 11 is 6.01. The summed E-state index contributed by atoms with van der Waals surface area (Å²) in [6.45, 7) is 0.584. The number of benzene rings is 1. The molecule has 0 saturated carbocycles. The standard InChI is InChI=1S/C22H22ClF4N5O4/c1-13-4-5-28-20(23)19(13)29-21(34)14-8-15(24)16(9-17(14)36-11-22(25,26)27)31(2)30-18-10-35-7-3-6-32(18)12-33/h4-5,8-9,12H,3,6-7,10-11H2,1-2H3,(H,29,34)/b30-18-. The van der Waals surface area contributed by atoms with Crippen LogP contribution >= 0.6 is 11.6 Å². The van der Waals surface area contributed by atoms with Crippen molar-refractivity contribution in [2.45, 2.75) is 19.5 Å². The maximum absolute atomic E-state index is 15.1. The zero-order valence-corrected chi connectivity index (χ0v) is 20.0. The normalized spacial score (nSPS) is 15.4. The van der Waals surface area contributed by atoms with Crippen LogP contribution in [0, 0.1) is 12.7 Å². The second kappa shape index (κ2) is 11.5. The molecule has 1 aromatic carbocycles. The number of anilines is 2. The molecule has 0 atom stereocenters. The molecule has 14 heteroatoms. The number of hydrogen-bond acceptors (Lipinski definition) is 7. The minimum atomic E-state index is -4.72. The van der Waals surface area contributed by atoms with Gasteiger partial charge < -0.3 is 14.8 Å². The summed E-state index contributed by atoms with van der Waals surface area (Å²) in [5.41, 5.74) is -0.171. The summed E-state index contributed by atoms with van der Waals surface area (Å²) in [4.78, 5) is 29.4. The number of nitrogens with zero attached hydrogens (tertiary/aromatic N) is 4. The van der Waals surface area contributed by atoms with Crippen LogP contribution in [0.3, 0.4) is 0 Å². The molecule has 0 bridgehead atoms. The first-order valence-corrected chi connectivity index (χ1v) is 10.9. The minimum Gasteiger partial charge on any atom is -0.483 e. The van der Waals surface area contributed by atoms with E-state index in [9.17, 15) is 22.8 Å². The molecule has 0 radical (unpaired) electrons. The number of aryl methyl sites for hydroxylation is 1. The van der Waals surface area contributed by atoms with Gasteiger partial charge in [0.05, 0.1) is 16.9 Å². The average molecular weight is 532 g/mol. The number of halogens is 5. The maximum Gasteiger partial charge on any atom is 0.422 e. The fourth-order valence-electron chi connectivity index (χ4n) is 3.24. The van der Waals surface area contributed by atoms with E-state index >= 15 is 4.39 Å². The molecule has 1 aliphatic rings. The quantitative estimate of drug-likeness (QED) is 0.251. The largest absolute Gasteiger partial charge is 0.483 e. The number of hydrazone groups is 1. The third kappa shape index (κ3) is 6.82. The van der Waals surface area contributed by atoms with Gasteiger partial charge in [-0.15, -0.1) is 0 Å². The molecular weight excluding hydrogens is 510 g/mol. The van der Waals surface area contributed by atoms with E-state index in [-0.39, 0.29) is 29.0 Å². The van der Waals surface area contributed by atoms with Gasteiger partial charge in [0, 0.05) is 32.5 Å². The van der Waals surface area contributed by atoms with Crippen LogP contribution in [0.5, 0.6) is 5.75 Å². The molecule has 1 N–H and O–H groups in total. The van der Waals surface area contributed by atoms with Crippen LogP contribution in [-0.2, 0) is 9.53 Å². The predicted octanol–water partition coefficient (Wildman–Crippen LogP) is 4.00. The number of alkyl halides is 3. The molecule has 36 heavy (non-hydrogen) atoms. The van der Waals surface area contributed by atoms with Gasteiger partial charge in [0.1, 0.15) is 18.2 Å². The van der Waals surface area contributed by atoms with Crippen molar-refractivity contribution in [3.05, 3.63) is 46.5 Å². The topological polar surface area (TPSA) is 96.4 Å². The maximum atomic E-state index is 15.1. The molecule has 194 valence electrons. The first-order valence-electron chi connectivity index (χ1n) is 10.6. The SMILES string of the molecule is Cc1ccnc(Cl)c1NC(=O)c1cc(F)c(N(C)/N=C2/COCCCN2C=O)cc1OCC(F)(F)F. The van der Waals surface area contributed by atoms with Gasteiger partial charge in [-0.05, 0) is 31.0 Å². The zero-order chi connectivity index (χ0) is 26.5. The highest BCUT2D eigenvalue weighted by atomic mass is 35.5. The highest BCUT2D eigenvalue weighted by Crippen LogP contribution is 2.32. The lowest BCUT2D eigenvalue weighted by molar-refractivity contribution is -0.153. The Morgan fingerprint density at radius 2 is 2.17 bits per heavy atom. The van der Waals surface area contributed by atoms with E-state index in [1.54, 1.807) is 13.0 Å². The zero-order valence-electron chi connectivity index (χ0n) is 19.2. The summed E-state index contributed by atoms with van der Waals surface area (Å²) in [6, 6.07) is 3.20. The Bertz CT molecular complexity index is 1140. The van der Waals surface area contributed by atoms with Crippen LogP contribution < -0.4 is 15.1 Å². The Kier molecular flexibility index (Phi) is 8.69. The van der Waals surface area contributed by atoms with Crippen LogP contribution in [0.25, 0.3) is 0 Å². The van der Waals surface area contributed by atoms with E-state index in [1.165, 1.54) is 18.1 Å². The van der Waals surface area contributed by atoms with Crippen molar-refractivity contribution in [3.63, 3.8) is 0 Å². The first kappa shape index (κ1) is 27.1. The van der Waals surface area contributed by atoms with Gasteiger partial charge in [-0.2, -0.15) is 18.3 Å². The molecule has 1 saturated heterocycles. The van der Waals surface area contributed by atoms with Gasteiger partial charge in [-0.25, -0.2) is 9.37 Å². The number of hydrogen-bond donors (Lipinski definition) is 1. The number of carbonyl (C=O) groups excluding carboxylic acids is 2. The van der Waals surface area contributed by atoms with Crippen LogP contribution in [0.2, 0.25) is 5.15 Å². The summed E-state index contributed by atoms with van der Waals surface area (Å²) in [7, 11) is 1.32. The van der Waals surface area contributed by atoms with Crippen LogP contribution in [0.4, 0.5) is 28.9 Å². The smallest absolute Gasteiger partial charge is 0.422 e. The summed E-state index contributed by atoms with van der Waals surface area (Å²) in [6.07, 6.45) is -2.20. The van der Waals surface area contributed by atoms with Crippen LogP contribution in [0.15, 0.2) is 29.5 Å². The molecule has 2 amide bonds. The van der Waals surface area contributed by atoms with Crippen molar-refractivity contribution in [3.8, 4) is 5.75 Å². The van der Waals surface area contributed by atoms with Gasteiger partial charge in [0.25, 0.3) is 5.91 Å². The Morgan fingerprint density at radius 3 is 2.83 bits per heavy atom. The second-order valence-corrected chi connectivity index (χ2v) is 8.05. The Hall–Kier alpha value is -3.45. The Balaban J connectivity index is 1.99. The van der Waals surface area contributed by atoms with Gasteiger partial charge in [-0.1, -0.05) is 11.6 Å². The molecule has 0 aliphatic carbocycles. The van der Waals surface area contributed by atoms with Gasteiger partial charge in [0.2, 0.25) is 6.41 Å². The lowest BCUT2D eigenvalue weighted by Gasteiger charge is -2.22. The van der Waals surface area contributed by atoms with E-state index in [0.717, 1.165) is 17.1 Å². The van der Waals surface area contributed by atoms with Crippen molar-refractivity contribution >= 4 is 41.1 Å². The monoisotopic (exact) mass is 531 g/mol. The molecule has 1 fully saturated rings. The fraction of sp³-hybridized carbons (Fsp3) is 0.364. The lowest BCUT2D eigenvalue weighted by atomic mass is 10.1. The van der Waals surface area contributed by atoms with E-state index in [0.29, 0.717) is 31.5 Å². The predicted molar refractivity (Wildman–Crippen MR) is 124 cm³/mol. The highest BCUT2D eigenvalue weighted by Gasteiger charge is 2.30. The summed E-state index contributed by atoms with van der Waals surface area (Å²) in [5, 5.41) is 7.56. The van der Waals surface area contributed by atoms with Crippen molar-refractivity contribution in [1.29, 1.82) is 0 Å². The first-order chi connectivity index (χ1) is 17.0. The number of amidine groups is 1. The number of rotatable bonds is 7. The molecule has 9 nitrogen and oxygen atoms in total. The molecule has 0 spiro atoms. The molecule has 1 aliphatic heterocycles. The lowest BCUT2D eigenvalue weighted by Crippen LogP contribution is -2.34. The second-order valence-electron chi connectivity index (χ2n) is 7.70. The molecule has 2 aromatic rings. The summed E-state index contributed by atoms with van der Waals surface area (Å²) < 4.78 is 64.0. The minimum absolute atomic E-state index is 0.0339. The fourth-order valence-corrected chi connectivity index (χ4v) is 3.50. The molecule has 0 unspecified atom stereocenters. The van der Waals surface area contributed by atoms with Crippen molar-refractivity contribution in [2.75, 3.05) is 43.7 Å². The summed E-state index contributed by atoms with van der Waals surface area (Å²) in [5.74, 6) is -2.32. The average Bonchev–Trinajstić information content (AvgIpc) is 3.04. The Labute approximate surface area is 208 Å². The van der Waals surface area contributed by atoms with Crippen molar-refractivity contribution in [2.24, 2.45) is 5.10 Å². The van der Waals surface area contributed by atoms with E-state index in [1.807, 2.05) is 0 Å². The van der Waals surface area contributed by atoms with Crippen molar-refractivity contribution < 1.29 is 36.6 Å².